The Morgan fingerprint density at radius 1 is 0.605 bits per heavy atom. The summed E-state index contributed by atoms with van der Waals surface area (Å²) in [6.45, 7) is 26.2. The molecule has 239 valence electrons. The molecule has 3 rings (SSSR count). The van der Waals surface area contributed by atoms with Gasteiger partial charge >= 0.3 is 260 Å². The standard InChI is InChI=1S/C36H54N2O2.2ClH.Cr/c1-33(2,3)26-18-24(31(39)29(20-26)35(7,8)9)22-37-38(28-16-14-13-15-17-28)23-25-19-27(34(4,5)6)21-30(32(25)40)36(10,11)12;;;/h18-23,28H,13-17H2,1-12H3,(H,37,39);2*1H;/q;;;+3/p-1. The van der Waals surface area contributed by atoms with Gasteiger partial charge in [-0.15, -0.1) is 0 Å². The predicted octanol–water partition coefficient (Wildman–Crippen LogP) is 2.57. The van der Waals surface area contributed by atoms with E-state index in [1.165, 1.54) is 30.4 Å². The molecule has 2 N–H and O–H groups in total. The second kappa shape index (κ2) is 14.3. The summed E-state index contributed by atoms with van der Waals surface area (Å²) < 4.78 is 4.25. The van der Waals surface area contributed by atoms with Gasteiger partial charge in [-0.25, -0.2) is 0 Å². The Bertz CT molecular complexity index is 1330. The third kappa shape index (κ3) is 9.74. The topological polar surface area (TPSA) is 46.5 Å². The second-order valence-electron chi connectivity index (χ2n) is 16.2. The zero-order chi connectivity index (χ0) is 31.1. The Kier molecular flexibility index (Phi) is 13.1. The van der Waals surface area contributed by atoms with E-state index >= 15 is 0 Å². The van der Waals surface area contributed by atoms with E-state index < -0.39 is 0 Å². The molecule has 0 amide bonds. The van der Waals surface area contributed by atoms with Gasteiger partial charge in [-0.1, -0.05) is 0 Å². The molecule has 1 aliphatic rings. The Labute approximate surface area is 283 Å². The summed E-state index contributed by atoms with van der Waals surface area (Å²) in [6, 6.07) is 8.87. The normalized spacial score (nSPS) is 16.0. The average Bonchev–Trinajstić information content (AvgIpc) is 2.82. The minimum atomic E-state index is -0.200. The second-order valence-corrected chi connectivity index (χ2v) is 16.7. The van der Waals surface area contributed by atoms with Crippen LogP contribution in [0.4, 0.5) is 0 Å². The van der Waals surface area contributed by atoms with Crippen molar-refractivity contribution in [1.82, 2.24) is 0 Å². The number of hydrazone groups is 2. The maximum Gasteiger partial charge on any atom is -1.00 e. The van der Waals surface area contributed by atoms with Crippen LogP contribution in [-0.2, 0) is 38.2 Å². The summed E-state index contributed by atoms with van der Waals surface area (Å²) in [6.07, 6.45) is 9.90. The van der Waals surface area contributed by atoms with E-state index in [4.69, 9.17) is 0 Å². The molecule has 7 heteroatoms. The van der Waals surface area contributed by atoms with Gasteiger partial charge in [0.1, 0.15) is 0 Å². The molecule has 0 bridgehead atoms. The van der Waals surface area contributed by atoms with E-state index in [9.17, 15) is 10.2 Å². The van der Waals surface area contributed by atoms with Gasteiger partial charge in [-0.05, 0) is 0 Å². The maximum atomic E-state index is 11.6. The van der Waals surface area contributed by atoms with E-state index in [1.54, 1.807) is 0 Å². The number of aromatic hydroxyl groups is 2. The van der Waals surface area contributed by atoms with Gasteiger partial charge in [0.2, 0.25) is 0 Å². The molecule has 1 aliphatic carbocycles. The summed E-state index contributed by atoms with van der Waals surface area (Å²) in [5.41, 5.74) is 5.40. The molecule has 43 heavy (non-hydrogen) atoms. The molecule has 0 spiro atoms. The number of nitrogens with zero attached hydrogens (tertiary/aromatic N) is 2. The molecular weight excluding hydrogens is 615 g/mol. The van der Waals surface area contributed by atoms with Crippen LogP contribution in [0.1, 0.15) is 149 Å². The first-order valence-electron chi connectivity index (χ1n) is 15.3. The summed E-state index contributed by atoms with van der Waals surface area (Å²) in [5, 5.41) is 23.1. The van der Waals surface area contributed by atoms with Crippen LogP contribution in [0.2, 0.25) is 0 Å². The number of benzene rings is 2. The minimum absolute atomic E-state index is 0. The van der Waals surface area contributed by atoms with Crippen LogP contribution in [-0.4, -0.2) is 37.0 Å². The summed E-state index contributed by atoms with van der Waals surface area (Å²) >= 11 is 3.28. The van der Waals surface area contributed by atoms with Crippen molar-refractivity contribution in [1.29, 1.82) is 0 Å². The Morgan fingerprint density at radius 3 is 1.33 bits per heavy atom. The monoisotopic (exact) mass is 669 g/mol. The predicted molar refractivity (Wildman–Crippen MR) is 169 cm³/mol. The van der Waals surface area contributed by atoms with Gasteiger partial charge in [0.05, 0.1) is 0 Å². The molecule has 0 radical (unpaired) electrons. The summed E-state index contributed by atoms with van der Waals surface area (Å²) in [5.74, 6) is 0.661. The number of hydrogen-bond donors (Lipinski definition) is 2. The van der Waals surface area contributed by atoms with Gasteiger partial charge in [0.15, 0.2) is 0 Å². The fourth-order valence-corrected chi connectivity index (χ4v) is 5.98. The smallest absolute Gasteiger partial charge is 1.00 e. The van der Waals surface area contributed by atoms with Crippen molar-refractivity contribution in [2.75, 3.05) is 0 Å². The third-order valence-electron chi connectivity index (χ3n) is 8.32. The van der Waals surface area contributed by atoms with E-state index in [2.05, 4.69) is 135 Å². The molecule has 0 atom stereocenters. The van der Waals surface area contributed by atoms with E-state index in [1.807, 2.05) is 9.88 Å². The van der Waals surface area contributed by atoms with Gasteiger partial charge in [0.25, 0.3) is 0 Å². The molecular formula is C36H55Cl2CrN2O2+2. The van der Waals surface area contributed by atoms with E-state index in [0.717, 1.165) is 35.1 Å². The summed E-state index contributed by atoms with van der Waals surface area (Å²) in [7, 11) is 0. The fraction of sp³-hybridized carbons (Fsp3) is 0.611. The molecule has 2 aromatic carbocycles. The van der Waals surface area contributed by atoms with Crippen molar-refractivity contribution >= 4 is 12.4 Å². The van der Waals surface area contributed by atoms with Gasteiger partial charge in [-0.3, -0.25) is 0 Å². The van der Waals surface area contributed by atoms with Crippen molar-refractivity contribution in [2.24, 2.45) is 0 Å². The van der Waals surface area contributed by atoms with Crippen molar-refractivity contribution < 1.29 is 59.9 Å². The third-order valence-corrected chi connectivity index (χ3v) is 8.78. The van der Waals surface area contributed by atoms with Gasteiger partial charge in [-0.2, -0.15) is 0 Å². The largest absolute Gasteiger partial charge is 1.00 e. The molecule has 4 nitrogen and oxygen atoms in total. The van der Waals surface area contributed by atoms with Crippen LogP contribution in [0.5, 0.6) is 11.5 Å². The SMILES string of the molecule is CC(C)(C)c1cc(C=[N+]([Cr+2])[N+](=Cc2cc(C(C)(C)C)cc(C(C)(C)C)c2O)C2CCCCC2)c(O)c(C(C)(C)C)c1.[Cl-].[Cl-]. The van der Waals surface area contributed by atoms with Crippen LogP contribution < -0.4 is 24.8 Å². The quantitative estimate of drug-likeness (QED) is 0.299. The van der Waals surface area contributed by atoms with Crippen LogP contribution in [0.3, 0.4) is 0 Å². The fourth-order valence-electron chi connectivity index (χ4n) is 5.52. The molecule has 0 saturated heterocycles. The van der Waals surface area contributed by atoms with E-state index in [-0.39, 0.29) is 52.5 Å². The zero-order valence-electron chi connectivity index (χ0n) is 28.5. The van der Waals surface area contributed by atoms with Crippen LogP contribution in [0.15, 0.2) is 24.3 Å². The molecule has 0 heterocycles. The first-order chi connectivity index (χ1) is 18.6. The maximum absolute atomic E-state index is 11.6. The molecule has 1 fully saturated rings. The number of hydrogen-bond acceptors (Lipinski definition) is 2. The van der Waals surface area contributed by atoms with Crippen LogP contribution in [0.25, 0.3) is 0 Å². The first kappa shape index (κ1) is 39.5. The van der Waals surface area contributed by atoms with Crippen LogP contribution >= 0.6 is 0 Å². The van der Waals surface area contributed by atoms with Crippen molar-refractivity contribution in [3.05, 3.63) is 57.6 Å². The molecule has 1 saturated carbocycles. The van der Waals surface area contributed by atoms with E-state index in [0.29, 0.717) is 11.5 Å². The summed E-state index contributed by atoms with van der Waals surface area (Å²) in [4.78, 5) is 0. The first-order valence-corrected chi connectivity index (χ1v) is 15.9. The number of hydrazine groups is 1. The van der Waals surface area contributed by atoms with Crippen molar-refractivity contribution in [2.45, 2.75) is 143 Å². The average molecular weight is 671 g/mol. The number of rotatable bonds is 4. The number of phenols is 2. The molecule has 0 aromatic heterocycles. The van der Waals surface area contributed by atoms with Crippen molar-refractivity contribution in [3.63, 3.8) is 0 Å². The van der Waals surface area contributed by atoms with Crippen LogP contribution in [0, 0.1) is 0 Å². The Hall–Kier alpha value is -1.51. The number of halogens is 2. The molecule has 0 aliphatic heterocycles. The number of phenolic OH excluding ortho intramolecular Hbond substituents is 2. The minimum Gasteiger partial charge on any atom is -1.00 e. The van der Waals surface area contributed by atoms with Gasteiger partial charge < -0.3 is 24.8 Å². The molecule has 2 aromatic rings. The molecule has 0 unspecified atom stereocenters. The Morgan fingerprint density at radius 2 is 0.977 bits per heavy atom. The van der Waals surface area contributed by atoms with Gasteiger partial charge in [0, 0.05) is 0 Å². The zero-order valence-corrected chi connectivity index (χ0v) is 31.3. The van der Waals surface area contributed by atoms with Crippen molar-refractivity contribution in [3.8, 4) is 11.5 Å². The Balaban J connectivity index is 0.00000462.